The molecule has 1 aromatic rings. The first-order chi connectivity index (χ1) is 7.20. The zero-order chi connectivity index (χ0) is 10.8. The lowest BCUT2D eigenvalue weighted by molar-refractivity contribution is -0.124. The van der Waals surface area contributed by atoms with Crippen LogP contribution in [0.15, 0.2) is 6.33 Å². The Labute approximate surface area is 115 Å². The van der Waals surface area contributed by atoms with Gasteiger partial charge in [0, 0.05) is 6.54 Å². The lowest BCUT2D eigenvalue weighted by Crippen LogP contribution is -2.31. The molecule has 1 atom stereocenters. The van der Waals surface area contributed by atoms with Crippen molar-refractivity contribution in [2.24, 2.45) is 0 Å². The van der Waals surface area contributed by atoms with E-state index < -0.39 is 0 Å². The summed E-state index contributed by atoms with van der Waals surface area (Å²) in [6.07, 6.45) is 4.84. The van der Waals surface area contributed by atoms with Crippen LogP contribution in [0.3, 0.4) is 0 Å². The van der Waals surface area contributed by atoms with Crippen molar-refractivity contribution < 1.29 is 4.79 Å². The third-order valence-electron chi connectivity index (χ3n) is 2.53. The van der Waals surface area contributed by atoms with Crippen LogP contribution in [0.1, 0.15) is 25.3 Å². The molecule has 0 saturated carbocycles. The second kappa shape index (κ2) is 4.98. The molecular weight excluding hydrogens is 420 g/mol. The second-order valence-corrected chi connectivity index (χ2v) is 5.58. The molecule has 0 spiro atoms. The predicted octanol–water partition coefficient (Wildman–Crippen LogP) is 1.93. The van der Waals surface area contributed by atoms with Crippen molar-refractivity contribution >= 4 is 51.1 Å². The smallest absolute Gasteiger partial charge is 0.243 e. The summed E-state index contributed by atoms with van der Waals surface area (Å²) in [7, 11) is 0. The molecule has 15 heavy (non-hydrogen) atoms. The Morgan fingerprint density at radius 1 is 1.47 bits per heavy atom. The van der Waals surface area contributed by atoms with Gasteiger partial charge in [0.05, 0.1) is 6.33 Å². The summed E-state index contributed by atoms with van der Waals surface area (Å²) in [5.41, 5.74) is 0. The maximum absolute atomic E-state index is 11.8. The van der Waals surface area contributed by atoms with E-state index in [0.717, 1.165) is 33.2 Å². The van der Waals surface area contributed by atoms with Crippen molar-refractivity contribution in [3.8, 4) is 0 Å². The first-order valence-electron chi connectivity index (χ1n) is 4.85. The summed E-state index contributed by atoms with van der Waals surface area (Å²) in [5.74, 6) is 0.124. The van der Waals surface area contributed by atoms with Crippen molar-refractivity contribution in [3.63, 3.8) is 0 Å². The Morgan fingerprint density at radius 3 is 2.93 bits per heavy atom. The molecule has 0 aromatic carbocycles. The molecule has 1 saturated heterocycles. The standard InChI is InChI=1S/C9H11I2N3O/c10-7-8(11)14(5-13-7)6-3-1-2-4-12-9(6)15/h5-6H,1-4H2,(H,12,15). The van der Waals surface area contributed by atoms with Gasteiger partial charge >= 0.3 is 0 Å². The Morgan fingerprint density at radius 2 is 2.27 bits per heavy atom. The van der Waals surface area contributed by atoms with Crippen LogP contribution in [0, 0.1) is 7.40 Å². The van der Waals surface area contributed by atoms with E-state index in [1.54, 1.807) is 6.33 Å². The van der Waals surface area contributed by atoms with E-state index in [9.17, 15) is 4.79 Å². The molecule has 2 rings (SSSR count). The van der Waals surface area contributed by atoms with E-state index in [1.165, 1.54) is 0 Å². The summed E-state index contributed by atoms with van der Waals surface area (Å²) in [6.45, 7) is 0.803. The highest BCUT2D eigenvalue weighted by Gasteiger charge is 2.24. The summed E-state index contributed by atoms with van der Waals surface area (Å²) >= 11 is 4.42. The van der Waals surface area contributed by atoms with Gasteiger partial charge < -0.3 is 9.88 Å². The molecule has 1 amide bonds. The molecule has 82 valence electrons. The summed E-state index contributed by atoms with van der Waals surface area (Å²) in [5, 5.41) is 2.94. The Hall–Kier alpha value is 0.140. The molecule has 0 aliphatic carbocycles. The molecule has 1 N–H and O–H groups in total. The van der Waals surface area contributed by atoms with Crippen LogP contribution < -0.4 is 5.32 Å². The molecule has 1 fully saturated rings. The number of carbonyl (C=O) groups is 1. The highest BCUT2D eigenvalue weighted by Crippen LogP contribution is 2.23. The van der Waals surface area contributed by atoms with Gasteiger partial charge in [0.25, 0.3) is 0 Å². The van der Waals surface area contributed by atoms with Gasteiger partial charge in [0.15, 0.2) is 0 Å². The van der Waals surface area contributed by atoms with E-state index in [0.29, 0.717) is 0 Å². The van der Waals surface area contributed by atoms with Crippen molar-refractivity contribution in [1.82, 2.24) is 14.9 Å². The number of imidazole rings is 1. The van der Waals surface area contributed by atoms with Gasteiger partial charge in [-0.3, -0.25) is 4.79 Å². The average Bonchev–Trinajstić information content (AvgIpc) is 2.43. The fourth-order valence-electron chi connectivity index (χ4n) is 1.73. The van der Waals surface area contributed by atoms with Gasteiger partial charge in [-0.2, -0.15) is 0 Å². The minimum absolute atomic E-state index is 0.0737. The van der Waals surface area contributed by atoms with Crippen LogP contribution in [0.25, 0.3) is 0 Å². The Bertz CT molecular complexity index is 377. The lowest BCUT2D eigenvalue weighted by Gasteiger charge is -2.15. The van der Waals surface area contributed by atoms with Gasteiger partial charge in [0.1, 0.15) is 13.4 Å². The van der Waals surface area contributed by atoms with Crippen LogP contribution in [0.5, 0.6) is 0 Å². The van der Waals surface area contributed by atoms with Gasteiger partial charge in [-0.05, 0) is 64.4 Å². The third-order valence-corrected chi connectivity index (χ3v) is 5.42. The number of halogens is 2. The maximum Gasteiger partial charge on any atom is 0.243 e. The number of rotatable bonds is 1. The molecule has 4 nitrogen and oxygen atoms in total. The molecule has 1 aliphatic rings. The van der Waals surface area contributed by atoms with Gasteiger partial charge in [-0.25, -0.2) is 4.98 Å². The number of carbonyl (C=O) groups excluding carboxylic acids is 1. The van der Waals surface area contributed by atoms with E-state index in [-0.39, 0.29) is 11.9 Å². The molecular formula is C9H11I2N3O. The molecule has 0 radical (unpaired) electrons. The van der Waals surface area contributed by atoms with Crippen LogP contribution in [-0.4, -0.2) is 22.0 Å². The molecule has 2 heterocycles. The normalized spacial score (nSPS) is 22.3. The largest absolute Gasteiger partial charge is 0.354 e. The van der Waals surface area contributed by atoms with Crippen molar-refractivity contribution in [3.05, 3.63) is 13.7 Å². The quantitative estimate of drug-likeness (QED) is 0.692. The summed E-state index contributed by atoms with van der Waals surface area (Å²) < 4.78 is 3.99. The predicted molar refractivity (Wildman–Crippen MR) is 73.6 cm³/mol. The van der Waals surface area contributed by atoms with Crippen LogP contribution in [0.4, 0.5) is 0 Å². The summed E-state index contributed by atoms with van der Waals surface area (Å²) in [4.78, 5) is 16.0. The zero-order valence-electron chi connectivity index (χ0n) is 8.04. The maximum atomic E-state index is 11.8. The zero-order valence-corrected chi connectivity index (χ0v) is 12.4. The first-order valence-corrected chi connectivity index (χ1v) is 7.01. The number of nitrogens with one attached hydrogen (secondary N) is 1. The fraction of sp³-hybridized carbons (Fsp3) is 0.556. The highest BCUT2D eigenvalue weighted by atomic mass is 127. The number of aromatic nitrogens is 2. The SMILES string of the molecule is O=C1NCCCCC1n1cnc(I)c1I. The van der Waals surface area contributed by atoms with Crippen molar-refractivity contribution in [2.75, 3.05) is 6.54 Å². The number of hydrogen-bond donors (Lipinski definition) is 1. The first kappa shape index (κ1) is 11.6. The molecule has 1 aliphatic heterocycles. The van der Waals surface area contributed by atoms with Crippen molar-refractivity contribution in [2.45, 2.75) is 25.3 Å². The van der Waals surface area contributed by atoms with Crippen LogP contribution in [-0.2, 0) is 4.79 Å². The number of amides is 1. The van der Waals surface area contributed by atoms with Crippen molar-refractivity contribution in [1.29, 1.82) is 0 Å². The van der Waals surface area contributed by atoms with E-state index in [4.69, 9.17) is 0 Å². The second-order valence-electron chi connectivity index (χ2n) is 3.54. The number of hydrogen-bond acceptors (Lipinski definition) is 2. The van der Waals surface area contributed by atoms with E-state index in [2.05, 4.69) is 55.5 Å². The highest BCUT2D eigenvalue weighted by molar-refractivity contribution is 14.1. The van der Waals surface area contributed by atoms with Gasteiger partial charge in [-0.1, -0.05) is 0 Å². The van der Waals surface area contributed by atoms with E-state index >= 15 is 0 Å². The van der Waals surface area contributed by atoms with Crippen LogP contribution >= 0.6 is 45.2 Å². The molecule has 1 aromatic heterocycles. The topological polar surface area (TPSA) is 46.9 Å². The minimum Gasteiger partial charge on any atom is -0.354 e. The lowest BCUT2D eigenvalue weighted by atomic mass is 10.1. The molecule has 0 bridgehead atoms. The minimum atomic E-state index is -0.0737. The monoisotopic (exact) mass is 431 g/mol. The summed E-state index contributed by atoms with van der Waals surface area (Å²) in [6, 6.07) is -0.0737. The Kier molecular flexibility index (Phi) is 3.86. The van der Waals surface area contributed by atoms with Gasteiger partial charge in [-0.15, -0.1) is 0 Å². The Balaban J connectivity index is 2.28. The molecule has 6 heteroatoms. The fourth-order valence-corrected chi connectivity index (χ4v) is 2.73. The van der Waals surface area contributed by atoms with E-state index in [1.807, 2.05) is 4.57 Å². The molecule has 1 unspecified atom stereocenters. The van der Waals surface area contributed by atoms with Crippen LogP contribution in [0.2, 0.25) is 0 Å². The third kappa shape index (κ3) is 2.45. The number of nitrogens with zero attached hydrogens (tertiary/aromatic N) is 2. The van der Waals surface area contributed by atoms with Gasteiger partial charge in [0.2, 0.25) is 5.91 Å². The average molecular weight is 431 g/mol.